The molecule has 0 bridgehead atoms. The van der Waals surface area contributed by atoms with Crippen molar-refractivity contribution >= 4 is 11.7 Å². The maximum absolute atomic E-state index is 13.4. The summed E-state index contributed by atoms with van der Waals surface area (Å²) in [6.07, 6.45) is 1.52. The van der Waals surface area contributed by atoms with Crippen LogP contribution >= 0.6 is 0 Å². The maximum Gasteiger partial charge on any atom is 0.321 e. The zero-order valence-corrected chi connectivity index (χ0v) is 11.0. The highest BCUT2D eigenvalue weighted by atomic mass is 19.2. The summed E-state index contributed by atoms with van der Waals surface area (Å²) in [7, 11) is 0. The number of halogens is 3. The second-order valence-electron chi connectivity index (χ2n) is 4.14. The van der Waals surface area contributed by atoms with Crippen LogP contribution in [-0.4, -0.2) is 24.0 Å². The molecule has 0 aliphatic rings. The first-order valence-corrected chi connectivity index (χ1v) is 6.20. The van der Waals surface area contributed by atoms with Crippen LogP contribution in [0.25, 0.3) is 0 Å². The molecule has 106 valence electrons. The highest BCUT2D eigenvalue weighted by Crippen LogP contribution is 2.20. The number of nitrogens with one attached hydrogen (secondary N) is 1. The molecule has 0 aliphatic heterocycles. The Balaban J connectivity index is 2.83. The molecular weight excluding hydrogens is 257 g/mol. The van der Waals surface area contributed by atoms with Gasteiger partial charge in [-0.15, -0.1) is 0 Å². The monoisotopic (exact) mass is 274 g/mol. The molecule has 0 saturated carbocycles. The van der Waals surface area contributed by atoms with Gasteiger partial charge in [-0.05, 0) is 25.0 Å². The average molecular weight is 274 g/mol. The number of amides is 2. The lowest BCUT2D eigenvalue weighted by atomic mass is 10.3. The second-order valence-corrected chi connectivity index (χ2v) is 4.14. The van der Waals surface area contributed by atoms with E-state index in [1.165, 1.54) is 4.90 Å². The molecular formula is C13H17F3N2O. The van der Waals surface area contributed by atoms with Crippen molar-refractivity contribution in [2.24, 2.45) is 0 Å². The van der Waals surface area contributed by atoms with E-state index < -0.39 is 23.5 Å². The Morgan fingerprint density at radius 3 is 2.21 bits per heavy atom. The first-order valence-electron chi connectivity index (χ1n) is 6.20. The van der Waals surface area contributed by atoms with Crippen molar-refractivity contribution in [3.05, 3.63) is 29.6 Å². The number of carbonyl (C=O) groups excluding carboxylic acids is 1. The van der Waals surface area contributed by atoms with Gasteiger partial charge in [0.15, 0.2) is 17.5 Å². The van der Waals surface area contributed by atoms with Crippen molar-refractivity contribution in [3.8, 4) is 0 Å². The van der Waals surface area contributed by atoms with Crippen molar-refractivity contribution in [2.75, 3.05) is 18.4 Å². The van der Waals surface area contributed by atoms with E-state index in [-0.39, 0.29) is 5.69 Å². The van der Waals surface area contributed by atoms with E-state index in [4.69, 9.17) is 0 Å². The van der Waals surface area contributed by atoms with Crippen LogP contribution in [0.1, 0.15) is 26.7 Å². The third kappa shape index (κ3) is 3.87. The summed E-state index contributed by atoms with van der Waals surface area (Å²) in [4.78, 5) is 13.4. The Kier molecular flexibility index (Phi) is 5.66. The minimum atomic E-state index is -1.59. The zero-order chi connectivity index (χ0) is 14.4. The van der Waals surface area contributed by atoms with Gasteiger partial charge in [0.05, 0.1) is 5.69 Å². The Morgan fingerprint density at radius 2 is 1.68 bits per heavy atom. The van der Waals surface area contributed by atoms with Crippen LogP contribution in [0, 0.1) is 17.5 Å². The fourth-order valence-corrected chi connectivity index (χ4v) is 1.67. The second kappa shape index (κ2) is 7.01. The van der Waals surface area contributed by atoms with E-state index in [9.17, 15) is 18.0 Å². The largest absolute Gasteiger partial charge is 0.325 e. The number of hydrogen-bond donors (Lipinski definition) is 1. The zero-order valence-electron chi connectivity index (χ0n) is 11.0. The Bertz CT molecular complexity index is 446. The SMILES string of the molecule is CCCN(CCC)C(=O)Nc1ccc(F)c(F)c1F. The third-order valence-electron chi connectivity index (χ3n) is 2.55. The highest BCUT2D eigenvalue weighted by Gasteiger charge is 2.17. The number of rotatable bonds is 5. The van der Waals surface area contributed by atoms with E-state index in [0.717, 1.165) is 25.0 Å². The van der Waals surface area contributed by atoms with Gasteiger partial charge in [-0.3, -0.25) is 0 Å². The smallest absolute Gasteiger partial charge is 0.321 e. The van der Waals surface area contributed by atoms with Gasteiger partial charge in [0, 0.05) is 13.1 Å². The number of urea groups is 1. The van der Waals surface area contributed by atoms with E-state index in [1.54, 1.807) is 0 Å². The van der Waals surface area contributed by atoms with Gasteiger partial charge in [-0.2, -0.15) is 0 Å². The molecule has 19 heavy (non-hydrogen) atoms. The molecule has 1 aromatic rings. The summed E-state index contributed by atoms with van der Waals surface area (Å²) >= 11 is 0. The van der Waals surface area contributed by atoms with Crippen LogP contribution in [-0.2, 0) is 0 Å². The predicted molar refractivity (Wildman–Crippen MR) is 67.5 cm³/mol. The van der Waals surface area contributed by atoms with Crippen molar-refractivity contribution < 1.29 is 18.0 Å². The van der Waals surface area contributed by atoms with Gasteiger partial charge in [-0.1, -0.05) is 13.8 Å². The van der Waals surface area contributed by atoms with Gasteiger partial charge in [0.2, 0.25) is 0 Å². The number of hydrogen-bond acceptors (Lipinski definition) is 1. The van der Waals surface area contributed by atoms with Gasteiger partial charge >= 0.3 is 6.03 Å². The molecule has 0 aromatic heterocycles. The first kappa shape index (κ1) is 15.3. The van der Waals surface area contributed by atoms with Gasteiger partial charge in [-0.25, -0.2) is 18.0 Å². The molecule has 1 N–H and O–H groups in total. The topological polar surface area (TPSA) is 32.3 Å². The summed E-state index contributed by atoms with van der Waals surface area (Å²) in [5.41, 5.74) is -0.360. The maximum atomic E-state index is 13.4. The van der Waals surface area contributed by atoms with Crippen molar-refractivity contribution in [1.29, 1.82) is 0 Å². The fraction of sp³-hybridized carbons (Fsp3) is 0.462. The molecule has 0 unspecified atom stereocenters. The van der Waals surface area contributed by atoms with E-state index in [0.29, 0.717) is 13.1 Å². The van der Waals surface area contributed by atoms with Crippen molar-refractivity contribution in [3.63, 3.8) is 0 Å². The van der Waals surface area contributed by atoms with Crippen LogP contribution in [0.3, 0.4) is 0 Å². The summed E-state index contributed by atoms with van der Waals surface area (Å²) in [6.45, 7) is 4.86. The van der Waals surface area contributed by atoms with Crippen molar-refractivity contribution in [2.45, 2.75) is 26.7 Å². The number of carbonyl (C=O) groups is 1. The molecule has 2 amide bonds. The molecule has 0 spiro atoms. The molecule has 6 heteroatoms. The van der Waals surface area contributed by atoms with Crippen LogP contribution in [0.5, 0.6) is 0 Å². The number of benzene rings is 1. The number of nitrogens with zero attached hydrogens (tertiary/aromatic N) is 1. The minimum absolute atomic E-state index is 0.360. The lowest BCUT2D eigenvalue weighted by Gasteiger charge is -2.22. The summed E-state index contributed by atoms with van der Waals surface area (Å²) in [5, 5.41) is 2.25. The molecule has 1 aromatic carbocycles. The third-order valence-corrected chi connectivity index (χ3v) is 2.55. The van der Waals surface area contributed by atoms with Crippen LogP contribution in [0.2, 0.25) is 0 Å². The van der Waals surface area contributed by atoms with Crippen LogP contribution in [0.15, 0.2) is 12.1 Å². The summed E-state index contributed by atoms with van der Waals surface area (Å²) in [6, 6.07) is 1.26. The molecule has 1 rings (SSSR count). The standard InChI is InChI=1S/C13H17F3N2O/c1-3-7-18(8-4-2)13(19)17-10-6-5-9(14)11(15)12(10)16/h5-6H,3-4,7-8H2,1-2H3,(H,17,19). The lowest BCUT2D eigenvalue weighted by molar-refractivity contribution is 0.211. The normalized spacial score (nSPS) is 10.4. The molecule has 3 nitrogen and oxygen atoms in total. The average Bonchev–Trinajstić information content (AvgIpc) is 2.39. The van der Waals surface area contributed by atoms with E-state index in [1.807, 2.05) is 13.8 Å². The van der Waals surface area contributed by atoms with E-state index in [2.05, 4.69) is 5.32 Å². The Labute approximate surface area is 110 Å². The van der Waals surface area contributed by atoms with Gasteiger partial charge in [0.1, 0.15) is 0 Å². The van der Waals surface area contributed by atoms with Gasteiger partial charge < -0.3 is 10.2 Å². The molecule has 0 fully saturated rings. The van der Waals surface area contributed by atoms with Crippen LogP contribution in [0.4, 0.5) is 23.7 Å². The number of anilines is 1. The first-order chi connectivity index (χ1) is 9.01. The van der Waals surface area contributed by atoms with Gasteiger partial charge in [0.25, 0.3) is 0 Å². The molecule has 0 radical (unpaired) electrons. The molecule has 0 saturated heterocycles. The lowest BCUT2D eigenvalue weighted by Crippen LogP contribution is -2.36. The Hall–Kier alpha value is -1.72. The van der Waals surface area contributed by atoms with Crippen molar-refractivity contribution in [1.82, 2.24) is 4.90 Å². The fourth-order valence-electron chi connectivity index (χ4n) is 1.67. The van der Waals surface area contributed by atoms with E-state index >= 15 is 0 Å². The summed E-state index contributed by atoms with van der Waals surface area (Å²) in [5.74, 6) is -4.26. The molecule has 0 aliphatic carbocycles. The predicted octanol–water partition coefficient (Wildman–Crippen LogP) is 3.76. The van der Waals surface area contributed by atoms with Crippen LogP contribution < -0.4 is 5.32 Å². The Morgan fingerprint density at radius 1 is 1.11 bits per heavy atom. The minimum Gasteiger partial charge on any atom is -0.325 e. The molecule has 0 atom stereocenters. The summed E-state index contributed by atoms with van der Waals surface area (Å²) < 4.78 is 39.2. The molecule has 0 heterocycles. The highest BCUT2D eigenvalue weighted by molar-refractivity contribution is 5.89. The quantitative estimate of drug-likeness (QED) is 0.815.